The minimum absolute atomic E-state index is 0.0137. The van der Waals surface area contributed by atoms with Gasteiger partial charge in [-0.1, -0.05) is 0 Å². The molecular formula is C13H15N3O5S. The van der Waals surface area contributed by atoms with E-state index in [1.807, 2.05) is 6.26 Å². The lowest BCUT2D eigenvalue weighted by Gasteiger charge is -2.13. The van der Waals surface area contributed by atoms with Gasteiger partial charge in [0.2, 0.25) is 5.71 Å². The molecule has 9 heteroatoms. The van der Waals surface area contributed by atoms with E-state index in [2.05, 4.69) is 15.3 Å². The van der Waals surface area contributed by atoms with Crippen LogP contribution in [0.1, 0.15) is 22.5 Å². The minimum atomic E-state index is -1.13. The number of thioether (sulfide) groups is 1. The predicted octanol–water partition coefficient (Wildman–Crippen LogP) is 0.761. The molecule has 0 aliphatic rings. The van der Waals surface area contributed by atoms with Gasteiger partial charge in [0.25, 0.3) is 11.5 Å². The first-order valence-corrected chi connectivity index (χ1v) is 7.84. The Morgan fingerprint density at radius 1 is 1.55 bits per heavy atom. The second kappa shape index (κ2) is 6.65. The Balaban J connectivity index is 2.35. The van der Waals surface area contributed by atoms with Crippen molar-refractivity contribution in [3.8, 4) is 0 Å². The van der Waals surface area contributed by atoms with Crippen molar-refractivity contribution in [2.24, 2.45) is 0 Å². The van der Waals surface area contributed by atoms with Crippen LogP contribution in [-0.4, -0.2) is 45.0 Å². The number of aryl methyl sites for hydroxylation is 1. The number of aromatic amines is 1. The van der Waals surface area contributed by atoms with Gasteiger partial charge in [0.1, 0.15) is 17.2 Å². The van der Waals surface area contributed by atoms with Crippen molar-refractivity contribution in [3.05, 3.63) is 28.0 Å². The summed E-state index contributed by atoms with van der Waals surface area (Å²) in [6.07, 6.45) is 3.30. The molecule has 8 nitrogen and oxygen atoms in total. The van der Waals surface area contributed by atoms with Crippen LogP contribution in [0.25, 0.3) is 11.1 Å². The molecule has 0 aromatic carbocycles. The SMILES string of the molecule is CSCCC(NC(=O)c1c(C)oc2nc[nH]c(=O)c12)C(=O)O. The fraction of sp³-hybridized carbons (Fsp3) is 0.385. The largest absolute Gasteiger partial charge is 0.480 e. The van der Waals surface area contributed by atoms with Gasteiger partial charge in [0, 0.05) is 0 Å². The van der Waals surface area contributed by atoms with E-state index in [0.717, 1.165) is 0 Å². The number of carboxylic acids is 1. The molecule has 0 spiro atoms. The number of carbonyl (C=O) groups excluding carboxylic acids is 1. The standard InChI is InChI=1S/C13H15N3O5S/c1-6-8(9-10(17)14-5-15-12(9)21-6)11(18)16-7(13(19)20)3-4-22-2/h5,7H,3-4H2,1-2H3,(H,16,18)(H,19,20)(H,14,15,17). The summed E-state index contributed by atoms with van der Waals surface area (Å²) in [5, 5.41) is 11.6. The van der Waals surface area contributed by atoms with E-state index in [-0.39, 0.29) is 28.8 Å². The van der Waals surface area contributed by atoms with Crippen molar-refractivity contribution in [2.75, 3.05) is 12.0 Å². The van der Waals surface area contributed by atoms with Crippen molar-refractivity contribution in [1.82, 2.24) is 15.3 Å². The Hall–Kier alpha value is -2.29. The third-order valence-corrected chi connectivity index (χ3v) is 3.76. The number of nitrogens with one attached hydrogen (secondary N) is 2. The summed E-state index contributed by atoms with van der Waals surface area (Å²) in [6.45, 7) is 1.52. The molecule has 118 valence electrons. The number of hydrogen-bond donors (Lipinski definition) is 3. The van der Waals surface area contributed by atoms with Crippen LogP contribution in [0.3, 0.4) is 0 Å². The molecule has 2 rings (SSSR count). The number of nitrogens with zero attached hydrogens (tertiary/aromatic N) is 1. The number of aromatic nitrogens is 2. The number of H-pyrrole nitrogens is 1. The predicted molar refractivity (Wildman–Crippen MR) is 81.3 cm³/mol. The Morgan fingerprint density at radius 3 is 2.91 bits per heavy atom. The smallest absolute Gasteiger partial charge is 0.326 e. The van der Waals surface area contributed by atoms with Crippen molar-refractivity contribution in [3.63, 3.8) is 0 Å². The Morgan fingerprint density at radius 2 is 2.27 bits per heavy atom. The molecule has 2 aromatic rings. The maximum atomic E-state index is 12.3. The van der Waals surface area contributed by atoms with Crippen LogP contribution in [0.15, 0.2) is 15.5 Å². The quantitative estimate of drug-likeness (QED) is 0.716. The molecule has 0 saturated carbocycles. The molecule has 0 aliphatic carbocycles. The summed E-state index contributed by atoms with van der Waals surface area (Å²) >= 11 is 1.48. The molecule has 0 radical (unpaired) electrons. The van der Waals surface area contributed by atoms with E-state index < -0.39 is 23.5 Å². The summed E-state index contributed by atoms with van der Waals surface area (Å²) in [5.41, 5.74) is -0.454. The second-order valence-electron chi connectivity index (χ2n) is 4.59. The fourth-order valence-electron chi connectivity index (χ4n) is 2.05. The number of furan rings is 1. The highest BCUT2D eigenvalue weighted by Gasteiger charge is 2.26. The molecule has 0 bridgehead atoms. The third kappa shape index (κ3) is 3.14. The zero-order valence-electron chi connectivity index (χ0n) is 12.0. The highest BCUT2D eigenvalue weighted by Crippen LogP contribution is 2.20. The third-order valence-electron chi connectivity index (χ3n) is 3.11. The number of aliphatic carboxylic acids is 1. The molecule has 3 N–H and O–H groups in total. The summed E-state index contributed by atoms with van der Waals surface area (Å²) in [7, 11) is 0. The molecule has 0 saturated heterocycles. The Kier molecular flexibility index (Phi) is 4.86. The number of hydrogen-bond acceptors (Lipinski definition) is 6. The summed E-state index contributed by atoms with van der Waals surface area (Å²) in [4.78, 5) is 41.6. The number of fused-ring (bicyclic) bond motifs is 1. The Bertz CT molecular complexity index is 767. The number of carbonyl (C=O) groups is 2. The first-order chi connectivity index (χ1) is 10.5. The summed E-state index contributed by atoms with van der Waals surface area (Å²) in [5.74, 6) is -0.987. The topological polar surface area (TPSA) is 125 Å². The zero-order valence-corrected chi connectivity index (χ0v) is 12.8. The molecule has 1 unspecified atom stereocenters. The fourth-order valence-corrected chi connectivity index (χ4v) is 2.52. The lowest BCUT2D eigenvalue weighted by molar-refractivity contribution is -0.139. The molecule has 1 amide bonds. The summed E-state index contributed by atoms with van der Waals surface area (Å²) < 4.78 is 5.28. The van der Waals surface area contributed by atoms with Gasteiger partial charge in [0.05, 0.1) is 11.9 Å². The van der Waals surface area contributed by atoms with Gasteiger partial charge in [-0.15, -0.1) is 0 Å². The second-order valence-corrected chi connectivity index (χ2v) is 5.58. The van der Waals surface area contributed by atoms with Crippen molar-refractivity contribution in [2.45, 2.75) is 19.4 Å². The van der Waals surface area contributed by atoms with Gasteiger partial charge in [-0.2, -0.15) is 11.8 Å². The maximum Gasteiger partial charge on any atom is 0.326 e. The van der Waals surface area contributed by atoms with E-state index in [0.29, 0.717) is 5.75 Å². The Labute approximate surface area is 129 Å². The molecular weight excluding hydrogens is 310 g/mol. The summed E-state index contributed by atoms with van der Waals surface area (Å²) in [6, 6.07) is -1.03. The monoisotopic (exact) mass is 325 g/mol. The molecule has 1 atom stereocenters. The van der Waals surface area contributed by atoms with Gasteiger partial charge in [-0.25, -0.2) is 9.78 Å². The highest BCUT2D eigenvalue weighted by atomic mass is 32.2. The van der Waals surface area contributed by atoms with Crippen LogP contribution >= 0.6 is 11.8 Å². The first kappa shape index (κ1) is 16.1. The van der Waals surface area contributed by atoms with E-state index in [1.54, 1.807) is 0 Å². The van der Waals surface area contributed by atoms with Crippen LogP contribution in [0.5, 0.6) is 0 Å². The first-order valence-electron chi connectivity index (χ1n) is 6.45. The zero-order chi connectivity index (χ0) is 16.3. The van der Waals surface area contributed by atoms with Gasteiger partial charge in [0.15, 0.2) is 0 Å². The maximum absolute atomic E-state index is 12.3. The van der Waals surface area contributed by atoms with Crippen LogP contribution < -0.4 is 10.9 Å². The average Bonchev–Trinajstić information content (AvgIpc) is 2.80. The highest BCUT2D eigenvalue weighted by molar-refractivity contribution is 7.98. The number of carboxylic acid groups (broad SMARTS) is 1. The molecule has 2 heterocycles. The molecule has 22 heavy (non-hydrogen) atoms. The molecule has 0 fully saturated rings. The van der Waals surface area contributed by atoms with Gasteiger partial charge in [-0.3, -0.25) is 9.59 Å². The van der Waals surface area contributed by atoms with Crippen molar-refractivity contribution < 1.29 is 19.1 Å². The van der Waals surface area contributed by atoms with Crippen molar-refractivity contribution >= 4 is 34.7 Å². The number of rotatable bonds is 6. The normalized spacial score (nSPS) is 12.3. The lowest BCUT2D eigenvalue weighted by Crippen LogP contribution is -2.41. The molecule has 0 aliphatic heterocycles. The van der Waals surface area contributed by atoms with Gasteiger partial charge in [-0.05, 0) is 25.4 Å². The lowest BCUT2D eigenvalue weighted by atomic mass is 10.1. The average molecular weight is 325 g/mol. The van der Waals surface area contributed by atoms with Crippen molar-refractivity contribution in [1.29, 1.82) is 0 Å². The van der Waals surface area contributed by atoms with E-state index in [9.17, 15) is 14.4 Å². The van der Waals surface area contributed by atoms with Crippen LogP contribution in [-0.2, 0) is 4.79 Å². The van der Waals surface area contributed by atoms with Crippen LogP contribution in [0, 0.1) is 6.92 Å². The van der Waals surface area contributed by atoms with Crippen LogP contribution in [0.4, 0.5) is 0 Å². The van der Waals surface area contributed by atoms with E-state index in [4.69, 9.17) is 9.52 Å². The van der Waals surface area contributed by atoms with Crippen LogP contribution in [0.2, 0.25) is 0 Å². The van der Waals surface area contributed by atoms with E-state index in [1.165, 1.54) is 25.0 Å². The number of amides is 1. The van der Waals surface area contributed by atoms with Gasteiger partial charge < -0.3 is 19.8 Å². The minimum Gasteiger partial charge on any atom is -0.480 e. The molecule has 2 aromatic heterocycles. The van der Waals surface area contributed by atoms with Gasteiger partial charge >= 0.3 is 5.97 Å². The van der Waals surface area contributed by atoms with E-state index >= 15 is 0 Å².